The molecule has 0 bridgehead atoms. The second-order valence-corrected chi connectivity index (χ2v) is 5.72. The van der Waals surface area contributed by atoms with E-state index in [1.165, 1.54) is 6.92 Å². The van der Waals surface area contributed by atoms with Gasteiger partial charge >= 0.3 is 5.97 Å². The number of imidazole rings is 1. The quantitative estimate of drug-likeness (QED) is 0.690. The molecule has 0 aliphatic carbocycles. The lowest BCUT2D eigenvalue weighted by Crippen LogP contribution is -2.30. The number of aromatic amines is 1. The Morgan fingerprint density at radius 1 is 1.12 bits per heavy atom. The van der Waals surface area contributed by atoms with Gasteiger partial charge in [0.2, 0.25) is 0 Å². The number of pyridine rings is 1. The molecule has 2 heterocycles. The Morgan fingerprint density at radius 3 is 2.54 bits per heavy atom. The number of carbonyl (C=O) groups is 2. The maximum absolute atomic E-state index is 12.2. The molecule has 0 fully saturated rings. The lowest BCUT2D eigenvalue weighted by Gasteiger charge is -2.14. The van der Waals surface area contributed by atoms with E-state index in [2.05, 4.69) is 20.3 Å². The third-order valence-corrected chi connectivity index (χ3v) is 3.80. The van der Waals surface area contributed by atoms with E-state index >= 15 is 0 Å². The van der Waals surface area contributed by atoms with E-state index < -0.39 is 18.0 Å². The molecule has 0 spiro atoms. The SMILES string of the molecule is Cc1cccnc1NC(=O)C(C)OC(=O)c1ccc(-c2ncc[nH]2)cc1. The van der Waals surface area contributed by atoms with Gasteiger partial charge < -0.3 is 15.0 Å². The highest BCUT2D eigenvalue weighted by Crippen LogP contribution is 2.16. The number of anilines is 1. The molecule has 3 rings (SSSR count). The number of benzene rings is 1. The molecule has 0 radical (unpaired) electrons. The zero-order valence-electron chi connectivity index (χ0n) is 14.4. The molecule has 0 saturated heterocycles. The Labute approximate surface area is 150 Å². The number of ether oxygens (including phenoxy) is 1. The van der Waals surface area contributed by atoms with Gasteiger partial charge in [0.15, 0.2) is 6.10 Å². The Bertz CT molecular complexity index is 905. The van der Waals surface area contributed by atoms with E-state index in [4.69, 9.17) is 4.74 Å². The minimum atomic E-state index is -0.950. The summed E-state index contributed by atoms with van der Waals surface area (Å²) < 4.78 is 5.24. The number of hydrogen-bond donors (Lipinski definition) is 2. The summed E-state index contributed by atoms with van der Waals surface area (Å²) in [6, 6.07) is 10.4. The number of esters is 1. The first kappa shape index (κ1) is 17.3. The summed E-state index contributed by atoms with van der Waals surface area (Å²) in [5, 5.41) is 2.65. The summed E-state index contributed by atoms with van der Waals surface area (Å²) in [5.74, 6) is 0.148. The van der Waals surface area contributed by atoms with E-state index in [9.17, 15) is 9.59 Å². The van der Waals surface area contributed by atoms with Crippen molar-refractivity contribution in [3.05, 3.63) is 66.1 Å². The van der Waals surface area contributed by atoms with Crippen molar-refractivity contribution in [2.75, 3.05) is 5.32 Å². The van der Waals surface area contributed by atoms with Crippen LogP contribution in [0.2, 0.25) is 0 Å². The molecule has 132 valence electrons. The van der Waals surface area contributed by atoms with Crippen LogP contribution in [-0.4, -0.2) is 32.9 Å². The van der Waals surface area contributed by atoms with Crippen molar-refractivity contribution < 1.29 is 14.3 Å². The summed E-state index contributed by atoms with van der Waals surface area (Å²) in [6.07, 6.45) is 4.01. The number of H-pyrrole nitrogens is 1. The molecule has 0 aliphatic rings. The van der Waals surface area contributed by atoms with Crippen molar-refractivity contribution in [1.29, 1.82) is 0 Å². The molecule has 1 atom stereocenters. The van der Waals surface area contributed by atoms with Gasteiger partial charge in [0, 0.05) is 24.2 Å². The van der Waals surface area contributed by atoms with Gasteiger partial charge in [0.05, 0.1) is 5.56 Å². The van der Waals surface area contributed by atoms with Gasteiger partial charge in [-0.3, -0.25) is 4.79 Å². The van der Waals surface area contributed by atoms with Crippen LogP contribution in [0.5, 0.6) is 0 Å². The van der Waals surface area contributed by atoms with Crippen LogP contribution in [0.15, 0.2) is 55.0 Å². The predicted octanol–water partition coefficient (Wildman–Crippen LogP) is 2.96. The van der Waals surface area contributed by atoms with Crippen molar-refractivity contribution in [3.63, 3.8) is 0 Å². The lowest BCUT2D eigenvalue weighted by atomic mass is 10.1. The molecule has 1 aromatic carbocycles. The minimum Gasteiger partial charge on any atom is -0.449 e. The van der Waals surface area contributed by atoms with Crippen LogP contribution in [0.3, 0.4) is 0 Å². The molecule has 2 aromatic heterocycles. The van der Waals surface area contributed by atoms with Crippen LogP contribution < -0.4 is 5.32 Å². The topological polar surface area (TPSA) is 97.0 Å². The van der Waals surface area contributed by atoms with Gasteiger partial charge in [-0.2, -0.15) is 0 Å². The Hall–Kier alpha value is -3.48. The molecule has 0 saturated carbocycles. The predicted molar refractivity (Wildman–Crippen MR) is 96.5 cm³/mol. The molecule has 7 heteroatoms. The summed E-state index contributed by atoms with van der Waals surface area (Å²) in [5.41, 5.74) is 2.03. The number of rotatable bonds is 5. The number of carbonyl (C=O) groups excluding carboxylic acids is 2. The van der Waals surface area contributed by atoms with E-state index in [0.29, 0.717) is 17.2 Å². The Balaban J connectivity index is 1.61. The first-order valence-electron chi connectivity index (χ1n) is 8.08. The largest absolute Gasteiger partial charge is 0.449 e. The number of nitrogens with zero attached hydrogens (tertiary/aromatic N) is 2. The van der Waals surface area contributed by atoms with Crippen LogP contribution in [-0.2, 0) is 9.53 Å². The van der Waals surface area contributed by atoms with Crippen molar-refractivity contribution >= 4 is 17.7 Å². The average molecular weight is 350 g/mol. The standard InChI is InChI=1S/C19H18N4O3/c1-12-4-3-9-20-16(12)23-18(24)13(2)26-19(25)15-7-5-14(6-8-15)17-21-10-11-22-17/h3-11,13H,1-2H3,(H,21,22)(H,20,23,24). The van der Waals surface area contributed by atoms with Gasteiger partial charge in [-0.15, -0.1) is 0 Å². The van der Waals surface area contributed by atoms with Gasteiger partial charge in [-0.1, -0.05) is 18.2 Å². The highest BCUT2D eigenvalue weighted by Gasteiger charge is 2.20. The number of nitrogens with one attached hydrogen (secondary N) is 2. The molecule has 7 nitrogen and oxygen atoms in total. The summed E-state index contributed by atoms with van der Waals surface area (Å²) in [6.45, 7) is 3.35. The summed E-state index contributed by atoms with van der Waals surface area (Å²) in [4.78, 5) is 35.7. The maximum Gasteiger partial charge on any atom is 0.338 e. The third-order valence-electron chi connectivity index (χ3n) is 3.80. The van der Waals surface area contributed by atoms with Crippen molar-refractivity contribution in [1.82, 2.24) is 15.0 Å². The fourth-order valence-corrected chi connectivity index (χ4v) is 2.30. The van der Waals surface area contributed by atoms with Crippen LogP contribution in [0.1, 0.15) is 22.8 Å². The third kappa shape index (κ3) is 3.94. The zero-order chi connectivity index (χ0) is 18.5. The highest BCUT2D eigenvalue weighted by molar-refractivity contribution is 5.97. The Kier molecular flexibility index (Phi) is 5.07. The first-order valence-corrected chi connectivity index (χ1v) is 8.08. The molecule has 26 heavy (non-hydrogen) atoms. The monoisotopic (exact) mass is 350 g/mol. The van der Waals surface area contributed by atoms with Gasteiger partial charge in [-0.05, 0) is 37.6 Å². The zero-order valence-corrected chi connectivity index (χ0v) is 14.4. The van der Waals surface area contributed by atoms with Gasteiger partial charge in [0.25, 0.3) is 5.91 Å². The second-order valence-electron chi connectivity index (χ2n) is 5.72. The highest BCUT2D eigenvalue weighted by atomic mass is 16.5. The molecule has 1 unspecified atom stereocenters. The van der Waals surface area contributed by atoms with E-state index in [0.717, 1.165) is 11.1 Å². The van der Waals surface area contributed by atoms with E-state index in [-0.39, 0.29) is 0 Å². The van der Waals surface area contributed by atoms with Gasteiger partial charge in [0.1, 0.15) is 11.6 Å². The number of aromatic nitrogens is 3. The Morgan fingerprint density at radius 2 is 1.88 bits per heavy atom. The molecule has 0 aliphatic heterocycles. The van der Waals surface area contributed by atoms with Crippen molar-refractivity contribution in [3.8, 4) is 11.4 Å². The lowest BCUT2D eigenvalue weighted by molar-refractivity contribution is -0.123. The van der Waals surface area contributed by atoms with Crippen molar-refractivity contribution in [2.24, 2.45) is 0 Å². The normalized spacial score (nSPS) is 11.6. The molecular weight excluding hydrogens is 332 g/mol. The van der Waals surface area contributed by atoms with E-state index in [1.54, 1.807) is 48.9 Å². The number of hydrogen-bond acceptors (Lipinski definition) is 5. The fraction of sp³-hybridized carbons (Fsp3) is 0.158. The smallest absolute Gasteiger partial charge is 0.338 e. The summed E-state index contributed by atoms with van der Waals surface area (Å²) >= 11 is 0. The molecule has 3 aromatic rings. The van der Waals surface area contributed by atoms with Crippen LogP contribution in [0.25, 0.3) is 11.4 Å². The minimum absolute atomic E-state index is 0.356. The van der Waals surface area contributed by atoms with Crippen LogP contribution >= 0.6 is 0 Å². The fourth-order valence-electron chi connectivity index (χ4n) is 2.30. The first-order chi connectivity index (χ1) is 12.5. The number of aryl methyl sites for hydroxylation is 1. The molecule has 1 amide bonds. The number of amides is 1. The van der Waals surface area contributed by atoms with Crippen molar-refractivity contribution in [2.45, 2.75) is 20.0 Å². The molecular formula is C19H18N4O3. The average Bonchev–Trinajstić information content (AvgIpc) is 3.18. The van der Waals surface area contributed by atoms with Crippen LogP contribution in [0, 0.1) is 6.92 Å². The summed E-state index contributed by atoms with van der Waals surface area (Å²) in [7, 11) is 0. The second kappa shape index (κ2) is 7.60. The van der Waals surface area contributed by atoms with Crippen LogP contribution in [0.4, 0.5) is 5.82 Å². The van der Waals surface area contributed by atoms with Gasteiger partial charge in [-0.25, -0.2) is 14.8 Å². The maximum atomic E-state index is 12.2. The molecule has 2 N–H and O–H groups in total. The van der Waals surface area contributed by atoms with E-state index in [1.807, 2.05) is 13.0 Å².